The van der Waals surface area contributed by atoms with E-state index < -0.39 is 26.6 Å². The zero-order chi connectivity index (χ0) is 44.6. The Bertz CT molecular complexity index is 2610. The Morgan fingerprint density at radius 2 is 1.81 bits per heavy atom. The quantitative estimate of drug-likeness (QED) is 0.0825. The molecule has 1 atom stereocenters. The number of carbonyl (C=O) groups excluding carboxylic acids is 1. The fourth-order valence-corrected chi connectivity index (χ4v) is 11.3. The van der Waals surface area contributed by atoms with Crippen LogP contribution >= 0.6 is 0 Å². The molecule has 1 amide bonds. The molecule has 338 valence electrons. The zero-order valence-corrected chi connectivity index (χ0v) is 37.6. The molecule has 4 aliphatic rings. The minimum atomic E-state index is -4.55. The van der Waals surface area contributed by atoms with Crippen molar-refractivity contribution in [3.8, 4) is 11.5 Å². The van der Waals surface area contributed by atoms with Gasteiger partial charge in [-0.15, -0.1) is 4.91 Å². The van der Waals surface area contributed by atoms with Crippen molar-refractivity contribution in [2.45, 2.75) is 101 Å². The van der Waals surface area contributed by atoms with E-state index in [1.807, 2.05) is 19.1 Å². The number of hydrogen-bond donors (Lipinski definition) is 4. The maximum Gasteiger partial charge on any atom is 0.281 e. The lowest BCUT2D eigenvalue weighted by Crippen LogP contribution is -2.58. The molecular formula is C48H58N8O7S. The van der Waals surface area contributed by atoms with Crippen LogP contribution in [-0.2, 0) is 14.8 Å². The molecule has 3 aromatic heterocycles. The summed E-state index contributed by atoms with van der Waals surface area (Å²) >= 11 is 0. The van der Waals surface area contributed by atoms with Gasteiger partial charge in [0.05, 0.1) is 42.3 Å². The highest BCUT2D eigenvalue weighted by atomic mass is 32.2. The normalized spacial score (nSPS) is 22.9. The monoisotopic (exact) mass is 890 g/mol. The third kappa shape index (κ3) is 9.23. The number of benzene rings is 2. The third-order valence-corrected chi connectivity index (χ3v) is 15.4. The van der Waals surface area contributed by atoms with Gasteiger partial charge in [-0.1, -0.05) is 38.1 Å². The maximum atomic E-state index is 13.9. The molecular weight excluding hydrogens is 833 g/mol. The van der Waals surface area contributed by atoms with Crippen LogP contribution in [0.4, 0.5) is 17.2 Å². The number of aromatic nitrogens is 3. The number of sulfonamides is 1. The molecule has 5 aromatic rings. The average Bonchev–Trinajstić information content (AvgIpc) is 3.76. The Morgan fingerprint density at radius 3 is 2.58 bits per heavy atom. The fraction of sp³-hybridized carbons (Fsp3) is 0.479. The molecule has 64 heavy (non-hydrogen) atoms. The standard InChI is InChI=1S/C48H58N8O7S/c1-31(2)37-6-4-5-7-38(37)41-30-62-23-22-56(41)35-26-48(27-35)17-20-55(21-18-48)34-8-9-39(42(25-34)63-36-24-33-14-19-49-44(33)51-29-36)46(57)54-64(60,61)43-11-10-40(45(52-43)53-59)50-28-32-12-15-47(3,58)16-13-32/h4-11,14,19,24-25,29,31-32,35,41,50,58H,12-13,15-18,20-23,26-28,30H2,1-3H3,(H,49,51)(H,54,57)/t32-,41-,47-/m0/s1. The number of piperidine rings is 1. The molecule has 16 heteroatoms. The van der Waals surface area contributed by atoms with Gasteiger partial charge in [-0.25, -0.2) is 14.7 Å². The van der Waals surface area contributed by atoms with Crippen molar-refractivity contribution in [3.05, 3.63) is 101 Å². The Labute approximate surface area is 374 Å². The van der Waals surface area contributed by atoms with E-state index in [1.165, 1.54) is 23.3 Å². The van der Waals surface area contributed by atoms with Crippen LogP contribution in [0.3, 0.4) is 0 Å². The number of H-pyrrole nitrogens is 1. The summed E-state index contributed by atoms with van der Waals surface area (Å²) in [6, 6.07) is 21.1. The van der Waals surface area contributed by atoms with Gasteiger partial charge in [0.2, 0.25) is 5.82 Å². The van der Waals surface area contributed by atoms with E-state index >= 15 is 0 Å². The third-order valence-electron chi connectivity index (χ3n) is 14.2. The van der Waals surface area contributed by atoms with Crippen LogP contribution < -0.4 is 19.7 Å². The fourth-order valence-electron chi connectivity index (χ4n) is 10.3. The van der Waals surface area contributed by atoms with E-state index in [0.717, 1.165) is 75.8 Å². The summed E-state index contributed by atoms with van der Waals surface area (Å²) < 4.78 is 41.9. The molecule has 15 nitrogen and oxygen atoms in total. The number of morpholine rings is 1. The second-order valence-corrected chi connectivity index (χ2v) is 20.5. The molecule has 9 rings (SSSR count). The van der Waals surface area contributed by atoms with Crippen molar-refractivity contribution in [2.24, 2.45) is 16.5 Å². The van der Waals surface area contributed by atoms with Crippen molar-refractivity contribution in [1.29, 1.82) is 0 Å². The average molecular weight is 891 g/mol. The number of carbonyl (C=O) groups is 1. The molecule has 2 aliphatic heterocycles. The molecule has 1 spiro atoms. The van der Waals surface area contributed by atoms with E-state index in [1.54, 1.807) is 30.6 Å². The van der Waals surface area contributed by atoms with Gasteiger partial charge >= 0.3 is 0 Å². The minimum absolute atomic E-state index is 0.00519. The van der Waals surface area contributed by atoms with Crippen molar-refractivity contribution in [1.82, 2.24) is 24.6 Å². The Balaban J connectivity index is 0.890. The topological polar surface area (TPSA) is 191 Å². The predicted molar refractivity (Wildman–Crippen MR) is 246 cm³/mol. The van der Waals surface area contributed by atoms with Gasteiger partial charge in [-0.2, -0.15) is 8.42 Å². The summed E-state index contributed by atoms with van der Waals surface area (Å²) in [5, 5.41) is 16.7. The van der Waals surface area contributed by atoms with Gasteiger partial charge in [0, 0.05) is 55.6 Å². The predicted octanol–water partition coefficient (Wildman–Crippen LogP) is 8.57. The van der Waals surface area contributed by atoms with E-state index in [0.29, 0.717) is 49.3 Å². The van der Waals surface area contributed by atoms with Crippen molar-refractivity contribution in [2.75, 3.05) is 49.6 Å². The van der Waals surface area contributed by atoms with Crippen LogP contribution in [0.5, 0.6) is 11.5 Å². The molecule has 0 unspecified atom stereocenters. The van der Waals surface area contributed by atoms with Gasteiger partial charge in [-0.3, -0.25) is 9.69 Å². The number of aromatic amines is 1. The first kappa shape index (κ1) is 43.8. The number of pyridine rings is 2. The number of nitroso groups, excluding NO2 is 1. The Morgan fingerprint density at radius 1 is 1.03 bits per heavy atom. The molecule has 2 aromatic carbocycles. The molecule has 0 radical (unpaired) electrons. The lowest BCUT2D eigenvalue weighted by atomic mass is 9.59. The van der Waals surface area contributed by atoms with E-state index in [9.17, 15) is 23.2 Å². The molecule has 4 N–H and O–H groups in total. The van der Waals surface area contributed by atoms with E-state index in [4.69, 9.17) is 9.47 Å². The smallest absolute Gasteiger partial charge is 0.281 e. The van der Waals surface area contributed by atoms with Crippen LogP contribution in [0, 0.1) is 16.2 Å². The second-order valence-electron chi connectivity index (χ2n) is 18.9. The SMILES string of the molecule is CC(C)c1ccccc1[C@@H]1COCCN1C1CC2(CCN(c3ccc(C(=O)NS(=O)(=O)c4ccc(NC[C@H]5CC[C@](C)(O)CC5)c(N=O)n4)c(Oc4cnc5[nH]ccc5c4)c3)CC2)C1. The number of amides is 1. The first-order valence-corrected chi connectivity index (χ1v) is 24.1. The Kier molecular flexibility index (Phi) is 12.2. The number of aliphatic hydroxyl groups is 1. The molecule has 2 aliphatic carbocycles. The summed E-state index contributed by atoms with van der Waals surface area (Å²) in [6.45, 7) is 10.9. The molecule has 2 saturated carbocycles. The number of hydrogen-bond acceptors (Lipinski definition) is 13. The molecule has 4 fully saturated rings. The highest BCUT2D eigenvalue weighted by Crippen LogP contribution is 2.53. The maximum absolute atomic E-state index is 13.9. The summed E-state index contributed by atoms with van der Waals surface area (Å²) in [6.07, 6.45) is 10.7. The van der Waals surface area contributed by atoms with Gasteiger partial charge in [-0.05, 0) is 128 Å². The van der Waals surface area contributed by atoms with E-state index in [-0.39, 0.29) is 40.2 Å². The minimum Gasteiger partial charge on any atom is -0.455 e. The number of ether oxygens (including phenoxy) is 2. The van der Waals surface area contributed by atoms with Crippen molar-refractivity contribution in [3.63, 3.8) is 0 Å². The number of rotatable bonds is 13. The molecule has 0 bridgehead atoms. The van der Waals surface area contributed by atoms with Crippen molar-refractivity contribution < 1.29 is 27.8 Å². The molecule has 2 saturated heterocycles. The summed E-state index contributed by atoms with van der Waals surface area (Å²) in [5.41, 5.74) is 4.19. The number of fused-ring (bicyclic) bond motifs is 1. The lowest BCUT2D eigenvalue weighted by molar-refractivity contribution is -0.0912. The van der Waals surface area contributed by atoms with Gasteiger partial charge in [0.15, 0.2) is 5.03 Å². The Hall–Kier alpha value is -5.42. The number of anilines is 2. The van der Waals surface area contributed by atoms with Crippen LogP contribution in [0.25, 0.3) is 11.0 Å². The molecule has 5 heterocycles. The summed E-state index contributed by atoms with van der Waals surface area (Å²) in [4.78, 5) is 42.3. The van der Waals surface area contributed by atoms with Crippen LogP contribution in [0.15, 0.2) is 89.3 Å². The largest absolute Gasteiger partial charge is 0.455 e. The van der Waals surface area contributed by atoms with Crippen molar-refractivity contribution >= 4 is 44.2 Å². The second kappa shape index (κ2) is 17.9. The lowest BCUT2D eigenvalue weighted by Gasteiger charge is -2.57. The van der Waals surface area contributed by atoms with Gasteiger partial charge in [0.1, 0.15) is 17.1 Å². The zero-order valence-electron chi connectivity index (χ0n) is 36.8. The highest BCUT2D eigenvalue weighted by Gasteiger charge is 2.49. The van der Waals surface area contributed by atoms with Crippen LogP contribution in [-0.4, -0.2) is 90.3 Å². The summed E-state index contributed by atoms with van der Waals surface area (Å²) in [5.74, 6) is -0.0138. The summed E-state index contributed by atoms with van der Waals surface area (Å²) in [7, 11) is -4.55. The van der Waals surface area contributed by atoms with Crippen LogP contribution in [0.1, 0.15) is 106 Å². The highest BCUT2D eigenvalue weighted by molar-refractivity contribution is 7.90. The number of nitrogens with one attached hydrogen (secondary N) is 3. The van der Waals surface area contributed by atoms with Crippen LogP contribution in [0.2, 0.25) is 0 Å². The first-order chi connectivity index (χ1) is 30.8. The van der Waals surface area contributed by atoms with E-state index in [2.05, 4.69) is 78.1 Å². The number of nitrogens with zero attached hydrogens (tertiary/aromatic N) is 5. The van der Waals surface area contributed by atoms with Gasteiger partial charge in [0.25, 0.3) is 15.9 Å². The first-order valence-electron chi connectivity index (χ1n) is 22.6. The van der Waals surface area contributed by atoms with Gasteiger partial charge < -0.3 is 29.8 Å².